The molecule has 0 bridgehead atoms. The second-order valence-electron chi connectivity index (χ2n) is 4.87. The van der Waals surface area contributed by atoms with Gasteiger partial charge in [-0.05, 0) is 37.1 Å². The van der Waals surface area contributed by atoms with E-state index >= 15 is 0 Å². The largest absolute Gasteiger partial charge is 0.497 e. The molecule has 0 radical (unpaired) electrons. The highest BCUT2D eigenvalue weighted by Gasteiger charge is 2.16. The molecule has 0 aliphatic heterocycles. The average molecular weight is 319 g/mol. The SMILES string of the molecule is COCc1ccc(OC)cc1.Cc1[nH]c(C=O)c(C)c1C(=O)O. The Kier molecular flexibility index (Phi) is 7.02. The predicted octanol–water partition coefficient (Wildman–Crippen LogP) is 2.98. The highest BCUT2D eigenvalue weighted by atomic mass is 16.5. The van der Waals surface area contributed by atoms with Crippen molar-refractivity contribution in [3.8, 4) is 5.75 Å². The molecule has 1 aromatic carbocycles. The van der Waals surface area contributed by atoms with Crippen molar-refractivity contribution in [1.82, 2.24) is 4.98 Å². The molecular weight excluding hydrogens is 298 g/mol. The van der Waals surface area contributed by atoms with Crippen LogP contribution in [-0.4, -0.2) is 36.6 Å². The average Bonchev–Trinajstić information content (AvgIpc) is 2.83. The fourth-order valence-electron chi connectivity index (χ4n) is 2.10. The first-order chi connectivity index (χ1) is 10.9. The van der Waals surface area contributed by atoms with Gasteiger partial charge in [-0.25, -0.2) is 4.79 Å². The number of benzene rings is 1. The minimum absolute atomic E-state index is 0.192. The number of carboxylic acids is 1. The number of carbonyl (C=O) groups is 2. The zero-order chi connectivity index (χ0) is 17.4. The molecule has 23 heavy (non-hydrogen) atoms. The zero-order valence-corrected chi connectivity index (χ0v) is 13.7. The van der Waals surface area contributed by atoms with Gasteiger partial charge >= 0.3 is 5.97 Å². The van der Waals surface area contributed by atoms with Crippen LogP contribution in [0.5, 0.6) is 5.75 Å². The molecule has 0 aliphatic carbocycles. The van der Waals surface area contributed by atoms with Crippen molar-refractivity contribution < 1.29 is 24.2 Å². The van der Waals surface area contributed by atoms with Gasteiger partial charge in [0.05, 0.1) is 25.0 Å². The third kappa shape index (κ3) is 4.96. The Bertz CT molecular complexity index is 658. The van der Waals surface area contributed by atoms with Crippen LogP contribution in [0.4, 0.5) is 0 Å². The van der Waals surface area contributed by atoms with Crippen molar-refractivity contribution in [3.63, 3.8) is 0 Å². The first-order valence-corrected chi connectivity index (χ1v) is 6.94. The smallest absolute Gasteiger partial charge is 0.337 e. The third-order valence-electron chi connectivity index (χ3n) is 3.28. The van der Waals surface area contributed by atoms with Crippen molar-refractivity contribution in [2.24, 2.45) is 0 Å². The Hall–Kier alpha value is -2.60. The van der Waals surface area contributed by atoms with E-state index in [4.69, 9.17) is 14.6 Å². The summed E-state index contributed by atoms with van der Waals surface area (Å²) in [5.74, 6) is -0.126. The number of aldehydes is 1. The minimum Gasteiger partial charge on any atom is -0.497 e. The summed E-state index contributed by atoms with van der Waals surface area (Å²) in [6, 6.07) is 7.83. The summed E-state index contributed by atoms with van der Waals surface area (Å²) in [6.07, 6.45) is 0.620. The molecule has 0 atom stereocenters. The maximum absolute atomic E-state index is 10.6. The summed E-state index contributed by atoms with van der Waals surface area (Å²) in [6.45, 7) is 3.89. The number of aromatic amines is 1. The molecule has 2 N–H and O–H groups in total. The normalized spacial score (nSPS) is 9.74. The third-order valence-corrected chi connectivity index (χ3v) is 3.28. The molecule has 2 rings (SSSR count). The monoisotopic (exact) mass is 319 g/mol. The standard InChI is InChI=1S/C9H12O2.C8H9NO3/c1-10-7-8-3-5-9(11-2)6-4-8;1-4-6(3-10)9-5(2)7(4)8(11)12/h3-6H,7H2,1-2H3;3,9H,1-2H3,(H,11,12). The number of hydrogen-bond donors (Lipinski definition) is 2. The number of hydrogen-bond acceptors (Lipinski definition) is 4. The molecule has 2 aromatic rings. The van der Waals surface area contributed by atoms with Crippen LogP contribution in [-0.2, 0) is 11.3 Å². The molecule has 0 unspecified atom stereocenters. The molecule has 0 amide bonds. The number of carboxylic acid groups (broad SMARTS) is 1. The number of carbonyl (C=O) groups excluding carboxylic acids is 1. The predicted molar refractivity (Wildman–Crippen MR) is 86.3 cm³/mol. The first kappa shape index (κ1) is 18.4. The van der Waals surface area contributed by atoms with Gasteiger partial charge in [0.2, 0.25) is 0 Å². The molecule has 0 aliphatic rings. The van der Waals surface area contributed by atoms with E-state index in [2.05, 4.69) is 4.98 Å². The van der Waals surface area contributed by atoms with E-state index in [1.54, 1.807) is 28.1 Å². The van der Waals surface area contributed by atoms with E-state index in [1.807, 2.05) is 24.3 Å². The van der Waals surface area contributed by atoms with Gasteiger partial charge in [-0.3, -0.25) is 4.79 Å². The molecule has 1 heterocycles. The van der Waals surface area contributed by atoms with Crippen molar-refractivity contribution in [2.45, 2.75) is 20.5 Å². The Morgan fingerprint density at radius 1 is 1.22 bits per heavy atom. The highest BCUT2D eigenvalue weighted by Crippen LogP contribution is 2.15. The van der Waals surface area contributed by atoms with Gasteiger partial charge in [0, 0.05) is 12.8 Å². The lowest BCUT2D eigenvalue weighted by atomic mass is 10.1. The Labute approximate surface area is 135 Å². The summed E-state index contributed by atoms with van der Waals surface area (Å²) >= 11 is 0. The van der Waals surface area contributed by atoms with Crippen molar-refractivity contribution in [1.29, 1.82) is 0 Å². The molecule has 6 heteroatoms. The van der Waals surface area contributed by atoms with Crippen molar-refractivity contribution in [2.75, 3.05) is 14.2 Å². The second kappa shape index (κ2) is 8.75. The van der Waals surface area contributed by atoms with Gasteiger partial charge in [-0.2, -0.15) is 0 Å². The summed E-state index contributed by atoms with van der Waals surface area (Å²) in [5, 5.41) is 8.72. The summed E-state index contributed by atoms with van der Waals surface area (Å²) in [5.41, 5.74) is 2.70. The Morgan fingerprint density at radius 3 is 2.17 bits per heavy atom. The number of H-pyrrole nitrogens is 1. The van der Waals surface area contributed by atoms with Crippen LogP contribution in [0.3, 0.4) is 0 Å². The molecule has 1 aromatic heterocycles. The minimum atomic E-state index is -1.01. The van der Waals surface area contributed by atoms with E-state index in [1.165, 1.54) is 0 Å². The molecule has 0 spiro atoms. The lowest BCUT2D eigenvalue weighted by Crippen LogP contribution is -1.98. The van der Waals surface area contributed by atoms with Gasteiger partial charge < -0.3 is 19.6 Å². The number of methoxy groups -OCH3 is 2. The number of nitrogens with one attached hydrogen (secondary N) is 1. The number of aromatic nitrogens is 1. The molecule has 0 fully saturated rings. The van der Waals surface area contributed by atoms with E-state index in [0.29, 0.717) is 29.8 Å². The topological polar surface area (TPSA) is 88.6 Å². The number of aromatic carboxylic acids is 1. The van der Waals surface area contributed by atoms with Crippen molar-refractivity contribution >= 4 is 12.3 Å². The molecule has 6 nitrogen and oxygen atoms in total. The van der Waals surface area contributed by atoms with E-state index in [9.17, 15) is 9.59 Å². The van der Waals surface area contributed by atoms with Gasteiger partial charge in [0.15, 0.2) is 6.29 Å². The van der Waals surface area contributed by atoms with Crippen LogP contribution in [0.25, 0.3) is 0 Å². The van der Waals surface area contributed by atoms with Gasteiger partial charge in [-0.15, -0.1) is 0 Å². The lowest BCUT2D eigenvalue weighted by molar-refractivity contribution is 0.0695. The molecule has 124 valence electrons. The first-order valence-electron chi connectivity index (χ1n) is 6.94. The highest BCUT2D eigenvalue weighted by molar-refractivity contribution is 5.94. The zero-order valence-electron chi connectivity index (χ0n) is 13.7. The molecule has 0 saturated heterocycles. The van der Waals surface area contributed by atoms with Crippen LogP contribution >= 0.6 is 0 Å². The summed E-state index contributed by atoms with van der Waals surface area (Å²) < 4.78 is 9.97. The summed E-state index contributed by atoms with van der Waals surface area (Å²) in [7, 11) is 3.34. The van der Waals surface area contributed by atoms with Crippen LogP contribution in [0.2, 0.25) is 0 Å². The van der Waals surface area contributed by atoms with E-state index < -0.39 is 5.97 Å². The maximum Gasteiger partial charge on any atom is 0.337 e. The molecule has 0 saturated carbocycles. The van der Waals surface area contributed by atoms with Crippen LogP contribution in [0.15, 0.2) is 24.3 Å². The van der Waals surface area contributed by atoms with Crippen LogP contribution in [0.1, 0.15) is 37.7 Å². The van der Waals surface area contributed by atoms with Gasteiger partial charge in [-0.1, -0.05) is 12.1 Å². The maximum atomic E-state index is 10.6. The second-order valence-corrected chi connectivity index (χ2v) is 4.87. The quantitative estimate of drug-likeness (QED) is 0.827. The fourth-order valence-corrected chi connectivity index (χ4v) is 2.10. The van der Waals surface area contributed by atoms with Gasteiger partial charge in [0.25, 0.3) is 0 Å². The number of rotatable bonds is 5. The Morgan fingerprint density at radius 2 is 1.83 bits per heavy atom. The van der Waals surface area contributed by atoms with E-state index in [0.717, 1.165) is 11.3 Å². The van der Waals surface area contributed by atoms with Gasteiger partial charge in [0.1, 0.15) is 5.75 Å². The Balaban J connectivity index is 0.000000231. The van der Waals surface area contributed by atoms with E-state index in [-0.39, 0.29) is 5.56 Å². The van der Waals surface area contributed by atoms with Crippen LogP contribution < -0.4 is 4.74 Å². The molecular formula is C17H21NO5. The number of ether oxygens (including phenoxy) is 2. The summed E-state index contributed by atoms with van der Waals surface area (Å²) in [4.78, 5) is 23.7. The fraction of sp³-hybridized carbons (Fsp3) is 0.294. The number of aryl methyl sites for hydroxylation is 1. The lowest BCUT2D eigenvalue weighted by Gasteiger charge is -2.01. The van der Waals surface area contributed by atoms with Crippen molar-refractivity contribution in [3.05, 3.63) is 52.3 Å². The van der Waals surface area contributed by atoms with Crippen LogP contribution in [0, 0.1) is 13.8 Å².